The molecular weight excluding hydrogens is 539 g/mol. The van der Waals surface area contributed by atoms with Gasteiger partial charge < -0.3 is 0 Å². The number of nitrogens with zero attached hydrogens (tertiary/aromatic N) is 2. The number of rotatable bonds is 4. The summed E-state index contributed by atoms with van der Waals surface area (Å²) in [6.45, 7) is 8.07. The van der Waals surface area contributed by atoms with E-state index in [4.69, 9.17) is 0 Å². The summed E-state index contributed by atoms with van der Waals surface area (Å²) >= 11 is 7.41. The second-order valence-electron chi connectivity index (χ2n) is 8.39. The van der Waals surface area contributed by atoms with Gasteiger partial charge in [0.1, 0.15) is 11.0 Å². The molecule has 35 heavy (non-hydrogen) atoms. The quantitative estimate of drug-likeness (QED) is 0.216. The van der Waals surface area contributed by atoms with Crippen molar-refractivity contribution in [2.24, 2.45) is 0 Å². The highest BCUT2D eigenvalue weighted by Gasteiger charge is 2.27. The average Bonchev–Trinajstić information content (AvgIpc) is 3.62. The summed E-state index contributed by atoms with van der Waals surface area (Å²) < 4.78 is 40.1. The summed E-state index contributed by atoms with van der Waals surface area (Å²) in [5.41, 5.74) is 3.33. The Hall–Kier alpha value is -2.30. The number of fused-ring (bicyclic) bond motifs is 1. The maximum Gasteiger partial charge on any atom is 0.170 e. The van der Waals surface area contributed by atoms with Gasteiger partial charge in [0, 0.05) is 39.0 Å². The first kappa shape index (κ1) is 23.1. The molecule has 176 valence electrons. The summed E-state index contributed by atoms with van der Waals surface area (Å²) in [4.78, 5) is 8.33. The van der Waals surface area contributed by atoms with Crippen molar-refractivity contribution in [3.8, 4) is 40.4 Å². The van der Waals surface area contributed by atoms with E-state index in [1.165, 1.54) is 37.3 Å². The van der Waals surface area contributed by atoms with Gasteiger partial charge in [-0.2, -0.15) is 8.75 Å². The zero-order chi connectivity index (χ0) is 24.4. The largest absolute Gasteiger partial charge is 0.203 e. The Kier molecular flexibility index (Phi) is 5.73. The third-order valence-corrected chi connectivity index (χ3v) is 11.4. The molecule has 0 radical (unpaired) electrons. The monoisotopic (exact) mass is 556 g/mol. The Balaban J connectivity index is 1.48. The third-order valence-electron chi connectivity index (χ3n) is 5.98. The van der Waals surface area contributed by atoms with Crippen LogP contribution in [0.25, 0.3) is 51.4 Å². The molecule has 0 bridgehead atoms. The van der Waals surface area contributed by atoms with Crippen LogP contribution in [-0.2, 0) is 0 Å². The summed E-state index contributed by atoms with van der Waals surface area (Å²) in [5.74, 6) is -1.72. The van der Waals surface area contributed by atoms with Crippen LogP contribution in [0.1, 0.15) is 20.9 Å². The normalized spacial score (nSPS) is 11.7. The smallest absolute Gasteiger partial charge is 0.170 e. The molecule has 0 fully saturated rings. The highest BCUT2D eigenvalue weighted by atomic mass is 32.1. The molecule has 9 heteroatoms. The molecule has 0 aliphatic carbocycles. The van der Waals surface area contributed by atoms with E-state index in [0.717, 1.165) is 37.5 Å². The van der Waals surface area contributed by atoms with E-state index in [9.17, 15) is 0 Å². The number of benzene rings is 1. The molecule has 6 aromatic rings. The molecular formula is C26H18F2N2S5. The van der Waals surface area contributed by atoms with Gasteiger partial charge in [-0.1, -0.05) is 0 Å². The fourth-order valence-corrected chi connectivity index (χ4v) is 9.08. The fraction of sp³-hybridized carbons (Fsp3) is 0.154. The van der Waals surface area contributed by atoms with Crippen molar-refractivity contribution < 1.29 is 8.78 Å². The van der Waals surface area contributed by atoms with Gasteiger partial charge >= 0.3 is 0 Å². The van der Waals surface area contributed by atoms with Gasteiger partial charge in [0.15, 0.2) is 11.6 Å². The molecule has 0 aliphatic rings. The first-order valence-electron chi connectivity index (χ1n) is 10.8. The van der Waals surface area contributed by atoms with Crippen molar-refractivity contribution in [2.75, 3.05) is 0 Å². The molecule has 0 atom stereocenters. The lowest BCUT2D eigenvalue weighted by Gasteiger charge is -2.08. The van der Waals surface area contributed by atoms with Gasteiger partial charge in [0.2, 0.25) is 0 Å². The van der Waals surface area contributed by atoms with Gasteiger partial charge in [-0.25, -0.2) is 8.78 Å². The Morgan fingerprint density at radius 3 is 1.77 bits per heavy atom. The molecule has 5 heterocycles. The van der Waals surface area contributed by atoms with Crippen LogP contribution in [0, 0.1) is 39.3 Å². The second kappa shape index (κ2) is 8.67. The molecule has 0 aliphatic heterocycles. The SMILES string of the molecule is Cc1ccc(-c2ccc(-c3sc(-c4c(F)c(F)c(-c5cc(C)c(C)s5)c5nsnc45)cc3C)s2)s1. The van der Waals surface area contributed by atoms with Crippen LogP contribution in [-0.4, -0.2) is 8.75 Å². The standard InChI is InChI=1S/C26H18F2N2S5/c1-11-9-18(32-14(11)4)20-22(27)23(28)21(25-24(20)29-35-30-25)19-10-12(2)26(34-19)17-8-7-16(33-17)15-6-5-13(3)31-15/h5-10H,1-4H3. The van der Waals surface area contributed by atoms with Crippen LogP contribution in [0.2, 0.25) is 0 Å². The Bertz CT molecular complexity index is 1710. The zero-order valence-corrected chi connectivity index (χ0v) is 23.2. The number of thiophene rings is 4. The first-order valence-corrected chi connectivity index (χ1v) is 14.8. The van der Waals surface area contributed by atoms with Gasteiger partial charge in [-0.15, -0.1) is 45.3 Å². The predicted molar refractivity (Wildman–Crippen MR) is 150 cm³/mol. The van der Waals surface area contributed by atoms with Crippen molar-refractivity contribution >= 4 is 68.1 Å². The highest BCUT2D eigenvalue weighted by Crippen LogP contribution is 2.47. The van der Waals surface area contributed by atoms with Gasteiger partial charge in [0.05, 0.1) is 22.9 Å². The van der Waals surface area contributed by atoms with Crippen LogP contribution in [0.4, 0.5) is 8.78 Å². The van der Waals surface area contributed by atoms with E-state index < -0.39 is 11.6 Å². The number of aromatic nitrogens is 2. The lowest BCUT2D eigenvalue weighted by Crippen LogP contribution is -1.95. The van der Waals surface area contributed by atoms with Gasteiger partial charge in [-0.05, 0) is 75.2 Å². The van der Waals surface area contributed by atoms with Crippen molar-refractivity contribution in [3.63, 3.8) is 0 Å². The minimum absolute atomic E-state index is 0.199. The van der Waals surface area contributed by atoms with E-state index in [-0.39, 0.29) is 11.1 Å². The number of aryl methyl sites for hydroxylation is 4. The van der Waals surface area contributed by atoms with E-state index >= 15 is 8.78 Å². The van der Waals surface area contributed by atoms with Crippen LogP contribution in [0.3, 0.4) is 0 Å². The average molecular weight is 557 g/mol. The Morgan fingerprint density at radius 1 is 0.600 bits per heavy atom. The van der Waals surface area contributed by atoms with Crippen LogP contribution < -0.4 is 0 Å². The van der Waals surface area contributed by atoms with Crippen molar-refractivity contribution in [1.29, 1.82) is 0 Å². The molecule has 6 rings (SSSR count). The molecule has 0 N–H and O–H groups in total. The summed E-state index contributed by atoms with van der Waals surface area (Å²) in [5, 5.41) is 0. The maximum absolute atomic E-state index is 15.7. The minimum Gasteiger partial charge on any atom is -0.203 e. The highest BCUT2D eigenvalue weighted by molar-refractivity contribution is 7.27. The lowest BCUT2D eigenvalue weighted by molar-refractivity contribution is 0.516. The van der Waals surface area contributed by atoms with E-state index in [1.54, 1.807) is 22.7 Å². The Labute approximate surface area is 221 Å². The van der Waals surface area contributed by atoms with E-state index in [0.29, 0.717) is 20.8 Å². The maximum atomic E-state index is 15.7. The van der Waals surface area contributed by atoms with Crippen molar-refractivity contribution in [1.82, 2.24) is 8.75 Å². The Morgan fingerprint density at radius 2 is 1.17 bits per heavy atom. The van der Waals surface area contributed by atoms with Gasteiger partial charge in [0.25, 0.3) is 0 Å². The van der Waals surface area contributed by atoms with Crippen molar-refractivity contribution in [3.05, 3.63) is 68.9 Å². The lowest BCUT2D eigenvalue weighted by atomic mass is 10.0. The molecule has 1 aromatic carbocycles. The molecule has 0 saturated carbocycles. The zero-order valence-electron chi connectivity index (χ0n) is 19.2. The van der Waals surface area contributed by atoms with Crippen LogP contribution in [0.5, 0.6) is 0 Å². The second-order valence-corrected chi connectivity index (χ2v) is 13.6. The van der Waals surface area contributed by atoms with Crippen LogP contribution >= 0.6 is 57.1 Å². The van der Waals surface area contributed by atoms with E-state index in [1.807, 2.05) is 32.9 Å². The summed E-state index contributed by atoms with van der Waals surface area (Å²) in [6.07, 6.45) is 0. The number of hydrogen-bond donors (Lipinski definition) is 0. The first-order chi connectivity index (χ1) is 16.8. The minimum atomic E-state index is -0.863. The molecule has 5 aromatic heterocycles. The van der Waals surface area contributed by atoms with E-state index in [2.05, 4.69) is 39.9 Å². The number of hydrogen-bond acceptors (Lipinski definition) is 7. The fourth-order valence-electron chi connectivity index (χ4n) is 4.10. The predicted octanol–water partition coefficient (Wildman–Crippen LogP) is 10.1. The topological polar surface area (TPSA) is 25.8 Å². The third kappa shape index (κ3) is 3.81. The van der Waals surface area contributed by atoms with Crippen LogP contribution in [0.15, 0.2) is 36.4 Å². The summed E-state index contributed by atoms with van der Waals surface area (Å²) in [7, 11) is 0. The summed E-state index contributed by atoms with van der Waals surface area (Å²) in [6, 6.07) is 12.3. The number of halogens is 2. The van der Waals surface area contributed by atoms with Gasteiger partial charge in [-0.3, -0.25) is 0 Å². The molecule has 0 unspecified atom stereocenters. The molecule has 2 nitrogen and oxygen atoms in total. The molecule has 0 amide bonds. The molecule has 0 saturated heterocycles. The van der Waals surface area contributed by atoms with Crippen molar-refractivity contribution in [2.45, 2.75) is 27.7 Å². The molecule has 0 spiro atoms.